The molecule has 3 rings (SSSR count). The standard InChI is InChI=1S/C9H18N6O7S/c10-6-13-5-3(2-16)12-7(11)15-1-4(22-23(19,20)21)9(17,18)8(5,15)14-6/h3-6,13-14,16-18H,1-2,10H2,(H2,11,12)(H,19,20,21)/t3-,4+,5-,6?,8-/m0/s1. The Hall–Kier alpha value is -1.10. The molecule has 3 aliphatic rings. The number of nitrogens with one attached hydrogen (secondary N) is 2. The van der Waals surface area contributed by atoms with E-state index in [1.54, 1.807) is 0 Å². The van der Waals surface area contributed by atoms with Gasteiger partial charge in [0.2, 0.25) is 5.79 Å². The first-order valence-electron chi connectivity index (χ1n) is 6.64. The average molecular weight is 354 g/mol. The van der Waals surface area contributed by atoms with Crippen LogP contribution >= 0.6 is 0 Å². The quantitative estimate of drug-likeness (QED) is 0.176. The van der Waals surface area contributed by atoms with Gasteiger partial charge in [-0.05, 0) is 0 Å². The number of aliphatic hydroxyl groups is 3. The summed E-state index contributed by atoms with van der Waals surface area (Å²) in [5, 5.41) is 36.1. The Bertz CT molecular complexity index is 640. The third-order valence-corrected chi connectivity index (χ3v) is 4.83. The molecular weight excluding hydrogens is 336 g/mol. The molecule has 5 atom stereocenters. The highest BCUT2D eigenvalue weighted by Gasteiger charge is 2.74. The zero-order valence-corrected chi connectivity index (χ0v) is 12.5. The largest absolute Gasteiger partial charge is 0.397 e. The summed E-state index contributed by atoms with van der Waals surface area (Å²) >= 11 is 0. The van der Waals surface area contributed by atoms with Crippen molar-refractivity contribution in [2.45, 2.75) is 35.9 Å². The lowest BCUT2D eigenvalue weighted by molar-refractivity contribution is -0.254. The van der Waals surface area contributed by atoms with Crippen molar-refractivity contribution in [1.29, 1.82) is 0 Å². The number of rotatable bonds is 3. The van der Waals surface area contributed by atoms with Crippen LogP contribution in [0, 0.1) is 0 Å². The van der Waals surface area contributed by atoms with Gasteiger partial charge in [-0.25, -0.2) is 9.18 Å². The average Bonchev–Trinajstić information content (AvgIpc) is 2.86. The fraction of sp³-hybridized carbons (Fsp3) is 0.889. The molecular formula is C9H18N6O7S. The molecule has 2 saturated heterocycles. The predicted molar refractivity (Wildman–Crippen MR) is 73.6 cm³/mol. The first-order valence-corrected chi connectivity index (χ1v) is 8.01. The lowest BCUT2D eigenvalue weighted by atomic mass is 9.86. The molecule has 0 aliphatic carbocycles. The molecule has 14 heteroatoms. The topological polar surface area (TPSA) is 216 Å². The van der Waals surface area contributed by atoms with Crippen LogP contribution in [-0.4, -0.2) is 88.2 Å². The number of hydrogen-bond acceptors (Lipinski definition) is 12. The van der Waals surface area contributed by atoms with Crippen molar-refractivity contribution in [2.24, 2.45) is 16.5 Å². The maximum absolute atomic E-state index is 11.0. The Morgan fingerprint density at radius 2 is 2.13 bits per heavy atom. The van der Waals surface area contributed by atoms with E-state index in [0.29, 0.717) is 0 Å². The number of nitrogens with zero attached hydrogens (tertiary/aromatic N) is 2. The predicted octanol–water partition coefficient (Wildman–Crippen LogP) is -5.64. The van der Waals surface area contributed by atoms with E-state index in [4.69, 9.17) is 16.0 Å². The SMILES string of the molecule is NC1=N[C@@H](CO)[C@@H]2NC(N)N[C@]23N1C[C@@H](OS(=O)(=O)O)C3(O)O. The molecule has 0 amide bonds. The molecule has 0 radical (unpaired) electrons. The zero-order chi connectivity index (χ0) is 17.2. The summed E-state index contributed by atoms with van der Waals surface area (Å²) in [6.45, 7) is -0.875. The van der Waals surface area contributed by atoms with Crippen LogP contribution in [0.15, 0.2) is 4.99 Å². The molecule has 0 saturated carbocycles. The number of nitrogens with two attached hydrogens (primary N) is 2. The molecule has 10 N–H and O–H groups in total. The van der Waals surface area contributed by atoms with Crippen LogP contribution in [0.2, 0.25) is 0 Å². The van der Waals surface area contributed by atoms with Gasteiger partial charge in [0.25, 0.3) is 0 Å². The summed E-state index contributed by atoms with van der Waals surface area (Å²) < 4.78 is 35.1. The van der Waals surface area contributed by atoms with Crippen molar-refractivity contribution in [2.75, 3.05) is 13.2 Å². The molecule has 3 heterocycles. The van der Waals surface area contributed by atoms with Gasteiger partial charge >= 0.3 is 10.4 Å². The molecule has 2 fully saturated rings. The van der Waals surface area contributed by atoms with Gasteiger partial charge in [-0.2, -0.15) is 8.42 Å². The molecule has 23 heavy (non-hydrogen) atoms. The van der Waals surface area contributed by atoms with Gasteiger partial charge in [0.05, 0.1) is 25.2 Å². The Kier molecular flexibility index (Phi) is 3.60. The van der Waals surface area contributed by atoms with E-state index in [9.17, 15) is 23.7 Å². The number of hydrogen-bond donors (Lipinski definition) is 8. The third-order valence-electron chi connectivity index (χ3n) is 4.35. The first kappa shape index (κ1) is 16.7. The third kappa shape index (κ3) is 2.23. The number of aliphatic imine (C=N–C) groups is 1. The molecule has 0 aromatic carbocycles. The molecule has 0 aromatic rings. The monoisotopic (exact) mass is 354 g/mol. The summed E-state index contributed by atoms with van der Waals surface area (Å²) in [6, 6.07) is -1.78. The van der Waals surface area contributed by atoms with Crippen molar-refractivity contribution in [1.82, 2.24) is 15.5 Å². The van der Waals surface area contributed by atoms with Crippen LogP contribution < -0.4 is 22.1 Å². The second-order valence-corrected chi connectivity index (χ2v) is 6.67. The van der Waals surface area contributed by atoms with Gasteiger partial charge < -0.3 is 31.7 Å². The Labute approximate surface area is 130 Å². The summed E-state index contributed by atoms with van der Waals surface area (Å²) in [5.41, 5.74) is 9.74. The molecule has 1 unspecified atom stereocenters. The summed E-state index contributed by atoms with van der Waals surface area (Å²) in [5.74, 6) is -3.00. The van der Waals surface area contributed by atoms with Crippen molar-refractivity contribution in [3.05, 3.63) is 0 Å². The maximum Gasteiger partial charge on any atom is 0.397 e. The Morgan fingerprint density at radius 3 is 2.70 bits per heavy atom. The molecule has 13 nitrogen and oxygen atoms in total. The molecule has 1 spiro atoms. The van der Waals surface area contributed by atoms with E-state index in [2.05, 4.69) is 19.8 Å². The second-order valence-electron chi connectivity index (χ2n) is 5.62. The summed E-state index contributed by atoms with van der Waals surface area (Å²) in [7, 11) is -4.96. The van der Waals surface area contributed by atoms with E-state index in [1.165, 1.54) is 4.90 Å². The fourth-order valence-corrected chi connectivity index (χ4v) is 4.00. The van der Waals surface area contributed by atoms with E-state index < -0.39 is 59.5 Å². The molecule has 0 bridgehead atoms. The Morgan fingerprint density at radius 1 is 1.48 bits per heavy atom. The number of guanidine groups is 1. The molecule has 0 aromatic heterocycles. The van der Waals surface area contributed by atoms with E-state index in [0.717, 1.165) is 0 Å². The highest BCUT2D eigenvalue weighted by molar-refractivity contribution is 7.80. The minimum absolute atomic E-state index is 0.169. The lowest BCUT2D eigenvalue weighted by Gasteiger charge is -2.49. The van der Waals surface area contributed by atoms with Crippen molar-refractivity contribution >= 4 is 16.4 Å². The van der Waals surface area contributed by atoms with Crippen LogP contribution in [-0.2, 0) is 14.6 Å². The maximum atomic E-state index is 11.0. The fourth-order valence-electron chi connectivity index (χ4n) is 3.51. The summed E-state index contributed by atoms with van der Waals surface area (Å²) in [4.78, 5) is 5.21. The first-order chi connectivity index (χ1) is 10.5. The van der Waals surface area contributed by atoms with E-state index in [1.807, 2.05) is 0 Å². The van der Waals surface area contributed by atoms with E-state index in [-0.39, 0.29) is 5.96 Å². The normalized spacial score (nSPS) is 42.3. The minimum Gasteiger partial charge on any atom is -0.394 e. The summed E-state index contributed by atoms with van der Waals surface area (Å²) in [6.07, 6.45) is -2.69. The highest BCUT2D eigenvalue weighted by atomic mass is 32.3. The van der Waals surface area contributed by atoms with E-state index >= 15 is 0 Å². The minimum atomic E-state index is -4.96. The van der Waals surface area contributed by atoms with Crippen LogP contribution in [0.25, 0.3) is 0 Å². The van der Waals surface area contributed by atoms with Crippen molar-refractivity contribution in [3.63, 3.8) is 0 Å². The lowest BCUT2D eigenvalue weighted by Crippen LogP contribution is -2.77. The second kappa shape index (κ2) is 4.95. The van der Waals surface area contributed by atoms with Crippen molar-refractivity contribution in [3.8, 4) is 0 Å². The zero-order valence-electron chi connectivity index (χ0n) is 11.7. The van der Waals surface area contributed by atoms with Crippen LogP contribution in [0.1, 0.15) is 0 Å². The van der Waals surface area contributed by atoms with Crippen LogP contribution in [0.5, 0.6) is 0 Å². The van der Waals surface area contributed by atoms with Crippen molar-refractivity contribution < 1.29 is 32.5 Å². The molecule has 3 aliphatic heterocycles. The van der Waals surface area contributed by atoms with Gasteiger partial charge in [0.15, 0.2) is 17.7 Å². The van der Waals surface area contributed by atoms with Gasteiger partial charge in [0, 0.05) is 0 Å². The van der Waals surface area contributed by atoms with Gasteiger partial charge in [0.1, 0.15) is 6.29 Å². The van der Waals surface area contributed by atoms with Gasteiger partial charge in [-0.3, -0.25) is 15.2 Å². The number of aliphatic hydroxyl groups excluding tert-OH is 1. The van der Waals surface area contributed by atoms with Crippen LogP contribution in [0.3, 0.4) is 0 Å². The Balaban J connectivity index is 2.10. The van der Waals surface area contributed by atoms with Gasteiger partial charge in [-0.1, -0.05) is 0 Å². The smallest absolute Gasteiger partial charge is 0.394 e. The molecule has 132 valence electrons. The van der Waals surface area contributed by atoms with Crippen LogP contribution in [0.4, 0.5) is 0 Å². The highest BCUT2D eigenvalue weighted by Crippen LogP contribution is 2.44. The van der Waals surface area contributed by atoms with Gasteiger partial charge in [-0.15, -0.1) is 0 Å².